The molecule has 0 aliphatic heterocycles. The van der Waals surface area contributed by atoms with Crippen LogP contribution in [0.25, 0.3) is 11.2 Å². The number of hydrogen-bond acceptors (Lipinski definition) is 5. The summed E-state index contributed by atoms with van der Waals surface area (Å²) >= 11 is 0. The Balaban J connectivity index is 2.67. The van der Waals surface area contributed by atoms with Crippen molar-refractivity contribution in [3.63, 3.8) is 0 Å². The summed E-state index contributed by atoms with van der Waals surface area (Å²) in [6.45, 7) is 5.22. The number of aromatic nitrogens is 4. The van der Waals surface area contributed by atoms with E-state index in [2.05, 4.69) is 15.0 Å². The number of aryl methyl sites for hydroxylation is 1. The molecule has 0 aliphatic rings. The monoisotopic (exact) mass is 207 g/mol. The minimum Gasteiger partial charge on any atom is -0.465 e. The van der Waals surface area contributed by atoms with Gasteiger partial charge >= 0.3 is 0 Å². The zero-order valence-corrected chi connectivity index (χ0v) is 8.77. The van der Waals surface area contributed by atoms with Crippen molar-refractivity contribution in [2.75, 3.05) is 12.3 Å². The second-order valence-corrected chi connectivity index (χ2v) is 3.00. The quantitative estimate of drug-likeness (QED) is 0.806. The molecule has 0 spiro atoms. The van der Waals surface area contributed by atoms with Gasteiger partial charge in [0, 0.05) is 6.54 Å². The molecule has 0 unspecified atom stereocenters. The predicted octanol–water partition coefficient (Wildman–Crippen LogP) is 0.827. The van der Waals surface area contributed by atoms with Crippen molar-refractivity contribution in [1.29, 1.82) is 0 Å². The molecule has 6 heteroatoms. The van der Waals surface area contributed by atoms with Gasteiger partial charge in [0.25, 0.3) is 6.01 Å². The SMILES string of the molecule is CCOc1nc2c(N)ncnc2n1CC. The lowest BCUT2D eigenvalue weighted by Crippen LogP contribution is -2.02. The molecule has 2 aromatic heterocycles. The number of fused-ring (bicyclic) bond motifs is 1. The summed E-state index contributed by atoms with van der Waals surface area (Å²) in [6.07, 6.45) is 1.43. The highest BCUT2D eigenvalue weighted by Crippen LogP contribution is 2.22. The summed E-state index contributed by atoms with van der Waals surface area (Å²) in [5, 5.41) is 0. The third-order valence-electron chi connectivity index (χ3n) is 2.11. The summed E-state index contributed by atoms with van der Waals surface area (Å²) in [5.41, 5.74) is 7.02. The second kappa shape index (κ2) is 3.72. The first kappa shape index (κ1) is 9.70. The first-order valence-electron chi connectivity index (χ1n) is 4.87. The van der Waals surface area contributed by atoms with Crippen LogP contribution in [0.5, 0.6) is 6.01 Å². The Kier molecular flexibility index (Phi) is 2.40. The average molecular weight is 207 g/mol. The van der Waals surface area contributed by atoms with E-state index in [0.29, 0.717) is 29.6 Å². The Morgan fingerprint density at radius 2 is 2.20 bits per heavy atom. The zero-order valence-electron chi connectivity index (χ0n) is 8.77. The molecule has 0 aliphatic carbocycles. The fraction of sp³-hybridized carbons (Fsp3) is 0.444. The van der Waals surface area contributed by atoms with E-state index >= 15 is 0 Å². The summed E-state index contributed by atoms with van der Waals surface area (Å²) < 4.78 is 7.27. The van der Waals surface area contributed by atoms with E-state index < -0.39 is 0 Å². The Morgan fingerprint density at radius 3 is 2.87 bits per heavy atom. The third-order valence-corrected chi connectivity index (χ3v) is 2.11. The molecule has 0 amide bonds. The van der Waals surface area contributed by atoms with Gasteiger partial charge in [0.1, 0.15) is 6.33 Å². The van der Waals surface area contributed by atoms with Crippen LogP contribution in [0.2, 0.25) is 0 Å². The van der Waals surface area contributed by atoms with Crippen LogP contribution in [0.4, 0.5) is 5.82 Å². The lowest BCUT2D eigenvalue weighted by Gasteiger charge is -2.04. The van der Waals surface area contributed by atoms with Gasteiger partial charge in [-0.05, 0) is 13.8 Å². The molecule has 15 heavy (non-hydrogen) atoms. The average Bonchev–Trinajstić information content (AvgIpc) is 2.58. The maximum atomic E-state index is 5.71. The van der Waals surface area contributed by atoms with E-state index in [1.54, 1.807) is 0 Å². The van der Waals surface area contributed by atoms with Crippen LogP contribution in [0.1, 0.15) is 13.8 Å². The Hall–Kier alpha value is -1.85. The van der Waals surface area contributed by atoms with Gasteiger partial charge in [-0.15, -0.1) is 0 Å². The zero-order chi connectivity index (χ0) is 10.8. The Labute approximate surface area is 87.1 Å². The highest BCUT2D eigenvalue weighted by atomic mass is 16.5. The molecule has 0 saturated heterocycles. The molecule has 0 bridgehead atoms. The summed E-state index contributed by atoms with van der Waals surface area (Å²) in [5.74, 6) is 0.383. The number of nitrogens with two attached hydrogens (primary N) is 1. The van der Waals surface area contributed by atoms with Gasteiger partial charge in [-0.1, -0.05) is 0 Å². The lowest BCUT2D eigenvalue weighted by molar-refractivity contribution is 0.299. The number of anilines is 1. The van der Waals surface area contributed by atoms with E-state index in [1.807, 2.05) is 18.4 Å². The van der Waals surface area contributed by atoms with Gasteiger partial charge in [-0.25, -0.2) is 9.97 Å². The molecule has 2 rings (SSSR count). The van der Waals surface area contributed by atoms with Crippen LogP contribution in [0, 0.1) is 0 Å². The van der Waals surface area contributed by atoms with Gasteiger partial charge in [-0.3, -0.25) is 4.57 Å². The first-order valence-corrected chi connectivity index (χ1v) is 4.87. The maximum absolute atomic E-state index is 5.71. The fourth-order valence-electron chi connectivity index (χ4n) is 1.46. The van der Waals surface area contributed by atoms with Crippen molar-refractivity contribution in [3.8, 4) is 6.01 Å². The number of nitrogen functional groups attached to an aromatic ring is 1. The second-order valence-electron chi connectivity index (χ2n) is 3.00. The summed E-state index contributed by atoms with van der Waals surface area (Å²) in [7, 11) is 0. The van der Waals surface area contributed by atoms with E-state index in [-0.39, 0.29) is 0 Å². The largest absolute Gasteiger partial charge is 0.465 e. The standard InChI is InChI=1S/C9H13N5O/c1-3-14-8-6(7(10)11-5-12-8)13-9(14)15-4-2/h5H,3-4H2,1-2H3,(H2,10,11,12). The highest BCUT2D eigenvalue weighted by Gasteiger charge is 2.13. The molecule has 0 fully saturated rings. The van der Waals surface area contributed by atoms with Crippen LogP contribution in [-0.4, -0.2) is 26.1 Å². The van der Waals surface area contributed by atoms with Crippen molar-refractivity contribution >= 4 is 17.0 Å². The van der Waals surface area contributed by atoms with E-state index in [0.717, 1.165) is 6.54 Å². The van der Waals surface area contributed by atoms with Gasteiger partial charge < -0.3 is 10.5 Å². The van der Waals surface area contributed by atoms with Crippen molar-refractivity contribution in [1.82, 2.24) is 19.5 Å². The van der Waals surface area contributed by atoms with Crippen LogP contribution < -0.4 is 10.5 Å². The minimum atomic E-state index is 0.383. The summed E-state index contributed by atoms with van der Waals surface area (Å²) in [6, 6.07) is 0.544. The van der Waals surface area contributed by atoms with Crippen molar-refractivity contribution in [2.24, 2.45) is 0 Å². The maximum Gasteiger partial charge on any atom is 0.298 e. The molecule has 0 atom stereocenters. The number of imidazole rings is 1. The molecule has 6 nitrogen and oxygen atoms in total. The molecule has 80 valence electrons. The molecule has 2 heterocycles. The summed E-state index contributed by atoms with van der Waals surface area (Å²) in [4.78, 5) is 12.3. The van der Waals surface area contributed by atoms with Crippen LogP contribution in [0.15, 0.2) is 6.33 Å². The van der Waals surface area contributed by atoms with E-state index in [4.69, 9.17) is 10.5 Å². The molecular weight excluding hydrogens is 194 g/mol. The van der Waals surface area contributed by atoms with E-state index in [1.165, 1.54) is 6.33 Å². The normalized spacial score (nSPS) is 10.8. The van der Waals surface area contributed by atoms with Gasteiger partial charge in [-0.2, -0.15) is 4.98 Å². The van der Waals surface area contributed by atoms with Gasteiger partial charge in [0.05, 0.1) is 6.61 Å². The lowest BCUT2D eigenvalue weighted by atomic mass is 10.5. The molecule has 0 aromatic carbocycles. The van der Waals surface area contributed by atoms with Crippen LogP contribution in [0.3, 0.4) is 0 Å². The van der Waals surface area contributed by atoms with Crippen LogP contribution >= 0.6 is 0 Å². The van der Waals surface area contributed by atoms with Gasteiger partial charge in [0.2, 0.25) is 0 Å². The third kappa shape index (κ3) is 1.47. The molecule has 0 radical (unpaired) electrons. The number of rotatable bonds is 3. The Bertz CT molecular complexity index is 479. The fourth-order valence-corrected chi connectivity index (χ4v) is 1.46. The van der Waals surface area contributed by atoms with Gasteiger partial charge in [0.15, 0.2) is 17.0 Å². The predicted molar refractivity (Wildman–Crippen MR) is 56.6 cm³/mol. The number of nitrogens with zero attached hydrogens (tertiary/aromatic N) is 4. The van der Waals surface area contributed by atoms with Crippen LogP contribution in [-0.2, 0) is 6.54 Å². The van der Waals surface area contributed by atoms with Crippen molar-refractivity contribution < 1.29 is 4.74 Å². The molecular formula is C9H13N5O. The van der Waals surface area contributed by atoms with Crippen molar-refractivity contribution in [3.05, 3.63) is 6.33 Å². The topological polar surface area (TPSA) is 78.8 Å². The molecule has 2 aromatic rings. The number of hydrogen-bond donors (Lipinski definition) is 1. The minimum absolute atomic E-state index is 0.383. The van der Waals surface area contributed by atoms with E-state index in [9.17, 15) is 0 Å². The highest BCUT2D eigenvalue weighted by molar-refractivity contribution is 5.82. The first-order chi connectivity index (χ1) is 7.27. The van der Waals surface area contributed by atoms with Crippen molar-refractivity contribution in [2.45, 2.75) is 20.4 Å². The number of ether oxygens (including phenoxy) is 1. The molecule has 2 N–H and O–H groups in total. The Morgan fingerprint density at radius 1 is 1.40 bits per heavy atom. The smallest absolute Gasteiger partial charge is 0.298 e. The molecule has 0 saturated carbocycles.